The number of rotatable bonds is 9. The van der Waals surface area contributed by atoms with Crippen LogP contribution in [0, 0.1) is 0 Å². The number of hydrogen-bond donors (Lipinski definition) is 2. The first-order valence-electron chi connectivity index (χ1n) is 10.9. The van der Waals surface area contributed by atoms with E-state index in [2.05, 4.69) is 14.9 Å². The van der Waals surface area contributed by atoms with Crippen LogP contribution in [0.1, 0.15) is 13.8 Å². The minimum absolute atomic E-state index is 0.0750. The molecule has 0 saturated carbocycles. The van der Waals surface area contributed by atoms with Gasteiger partial charge in [-0.05, 0) is 50.2 Å². The number of morpholine rings is 1. The lowest BCUT2D eigenvalue weighted by molar-refractivity contribution is -0.135. The van der Waals surface area contributed by atoms with Crippen LogP contribution in [0.2, 0.25) is 0 Å². The minimum atomic E-state index is -3.85. The van der Waals surface area contributed by atoms with Crippen LogP contribution < -0.4 is 14.9 Å². The van der Waals surface area contributed by atoms with Crippen LogP contribution in [0.25, 0.3) is 0 Å². The summed E-state index contributed by atoms with van der Waals surface area (Å²) in [7, 11) is -3.85. The monoisotopic (exact) mass is 474 g/mol. The highest BCUT2D eigenvalue weighted by Crippen LogP contribution is 2.19. The number of likely N-dealkylation sites (N-methyl/N-ethyl adjacent to an activating group) is 1. The summed E-state index contributed by atoms with van der Waals surface area (Å²) in [6, 6.07) is 14.3. The summed E-state index contributed by atoms with van der Waals surface area (Å²) in [6.07, 6.45) is 0. The predicted molar refractivity (Wildman–Crippen MR) is 127 cm³/mol. The normalized spacial score (nSPS) is 15.0. The minimum Gasteiger partial charge on any atom is -0.378 e. The second-order valence-corrected chi connectivity index (χ2v) is 9.42. The average Bonchev–Trinajstić information content (AvgIpc) is 2.83. The maximum atomic E-state index is 12.8. The van der Waals surface area contributed by atoms with Crippen molar-refractivity contribution in [3.05, 3.63) is 54.6 Å². The van der Waals surface area contributed by atoms with Gasteiger partial charge >= 0.3 is 0 Å². The molecular weight excluding hydrogens is 444 g/mol. The first kappa shape index (κ1) is 24.7. The molecule has 0 radical (unpaired) electrons. The smallest absolute Gasteiger partial charge is 0.243 e. The van der Waals surface area contributed by atoms with Crippen LogP contribution in [-0.2, 0) is 24.3 Å². The van der Waals surface area contributed by atoms with Crippen LogP contribution in [-0.4, -0.2) is 70.6 Å². The van der Waals surface area contributed by atoms with E-state index in [0.717, 1.165) is 18.8 Å². The van der Waals surface area contributed by atoms with Crippen LogP contribution in [0.4, 0.5) is 11.4 Å². The van der Waals surface area contributed by atoms with E-state index in [4.69, 9.17) is 4.74 Å². The van der Waals surface area contributed by atoms with Crippen LogP contribution in [0.3, 0.4) is 0 Å². The average molecular weight is 475 g/mol. The number of anilines is 2. The van der Waals surface area contributed by atoms with E-state index in [1.165, 1.54) is 24.0 Å². The molecule has 0 aliphatic carbocycles. The highest BCUT2D eigenvalue weighted by molar-refractivity contribution is 7.89. The van der Waals surface area contributed by atoms with E-state index in [1.807, 2.05) is 24.3 Å². The Morgan fingerprint density at radius 1 is 1.06 bits per heavy atom. The van der Waals surface area contributed by atoms with Crippen molar-refractivity contribution in [1.82, 2.24) is 9.62 Å². The van der Waals surface area contributed by atoms with Gasteiger partial charge in [0.25, 0.3) is 0 Å². The summed E-state index contributed by atoms with van der Waals surface area (Å²) in [6.45, 7) is 6.32. The van der Waals surface area contributed by atoms with Gasteiger partial charge in [-0.3, -0.25) is 9.59 Å². The molecule has 0 aromatic heterocycles. The third-order valence-corrected chi connectivity index (χ3v) is 6.87. The molecule has 1 atom stereocenters. The molecule has 33 heavy (non-hydrogen) atoms. The largest absolute Gasteiger partial charge is 0.378 e. The summed E-state index contributed by atoms with van der Waals surface area (Å²) in [5.41, 5.74) is 1.68. The van der Waals surface area contributed by atoms with E-state index in [1.54, 1.807) is 25.1 Å². The fourth-order valence-corrected chi connectivity index (χ4v) is 4.74. The van der Waals surface area contributed by atoms with Crippen molar-refractivity contribution in [2.45, 2.75) is 24.8 Å². The van der Waals surface area contributed by atoms with Gasteiger partial charge in [-0.1, -0.05) is 18.2 Å². The number of ether oxygens (including phenoxy) is 1. The fourth-order valence-electron chi connectivity index (χ4n) is 3.52. The van der Waals surface area contributed by atoms with E-state index in [9.17, 15) is 18.0 Å². The van der Waals surface area contributed by atoms with Gasteiger partial charge < -0.3 is 19.9 Å². The number of carbonyl (C=O) groups is 2. The zero-order valence-electron chi connectivity index (χ0n) is 18.9. The Morgan fingerprint density at radius 2 is 1.70 bits per heavy atom. The van der Waals surface area contributed by atoms with Crippen LogP contribution in [0.15, 0.2) is 59.5 Å². The lowest BCUT2D eigenvalue weighted by Crippen LogP contribution is -2.48. The summed E-state index contributed by atoms with van der Waals surface area (Å²) < 4.78 is 32.7. The van der Waals surface area contributed by atoms with Gasteiger partial charge in [-0.2, -0.15) is 4.72 Å². The summed E-state index contributed by atoms with van der Waals surface area (Å²) >= 11 is 0. The van der Waals surface area contributed by atoms with Gasteiger partial charge in [0.2, 0.25) is 21.8 Å². The molecule has 0 unspecified atom stereocenters. The highest BCUT2D eigenvalue weighted by atomic mass is 32.2. The third-order valence-electron chi connectivity index (χ3n) is 5.31. The molecule has 178 valence electrons. The number of carbonyl (C=O) groups excluding carboxylic acids is 2. The molecule has 1 fully saturated rings. The SMILES string of the molecule is CCN(CC(=O)Nc1ccc(N2CCOCC2)cc1)C(=O)[C@H](C)NS(=O)(=O)c1ccccc1. The maximum Gasteiger partial charge on any atom is 0.243 e. The molecule has 2 N–H and O–H groups in total. The number of hydrogen-bond acceptors (Lipinski definition) is 6. The van der Waals surface area contributed by atoms with Crippen molar-refractivity contribution in [3.63, 3.8) is 0 Å². The number of nitrogens with one attached hydrogen (secondary N) is 2. The topological polar surface area (TPSA) is 108 Å². The predicted octanol–water partition coefficient (Wildman–Crippen LogP) is 1.68. The Balaban J connectivity index is 1.55. The molecule has 1 heterocycles. The Kier molecular flexibility index (Phi) is 8.43. The molecule has 1 saturated heterocycles. The fraction of sp³-hybridized carbons (Fsp3) is 0.391. The second kappa shape index (κ2) is 11.3. The molecule has 1 aliphatic heterocycles. The number of amides is 2. The highest BCUT2D eigenvalue weighted by Gasteiger charge is 2.26. The second-order valence-electron chi connectivity index (χ2n) is 7.70. The number of nitrogens with zero attached hydrogens (tertiary/aromatic N) is 2. The summed E-state index contributed by atoms with van der Waals surface area (Å²) in [5.74, 6) is -0.836. The zero-order chi connectivity index (χ0) is 23.8. The Bertz CT molecular complexity index is 1040. The Morgan fingerprint density at radius 3 is 2.30 bits per heavy atom. The maximum absolute atomic E-state index is 12.8. The van der Waals surface area contributed by atoms with Crippen molar-refractivity contribution in [1.29, 1.82) is 0 Å². The molecule has 0 spiro atoms. The molecule has 10 heteroatoms. The van der Waals surface area contributed by atoms with E-state index < -0.39 is 22.0 Å². The van der Waals surface area contributed by atoms with Crippen LogP contribution >= 0.6 is 0 Å². The van der Waals surface area contributed by atoms with E-state index in [0.29, 0.717) is 18.9 Å². The van der Waals surface area contributed by atoms with E-state index in [-0.39, 0.29) is 23.9 Å². The van der Waals surface area contributed by atoms with E-state index >= 15 is 0 Å². The Hall–Kier alpha value is -2.95. The molecule has 2 amide bonds. The number of sulfonamides is 1. The molecule has 9 nitrogen and oxygen atoms in total. The van der Waals surface area contributed by atoms with Crippen molar-refractivity contribution in [3.8, 4) is 0 Å². The molecule has 1 aliphatic rings. The van der Waals surface area contributed by atoms with Gasteiger partial charge in [-0.25, -0.2) is 8.42 Å². The van der Waals surface area contributed by atoms with Gasteiger partial charge in [-0.15, -0.1) is 0 Å². The molecule has 3 rings (SSSR count). The van der Waals surface area contributed by atoms with Gasteiger partial charge in [0.05, 0.1) is 30.7 Å². The van der Waals surface area contributed by atoms with Gasteiger partial charge in [0.1, 0.15) is 0 Å². The van der Waals surface area contributed by atoms with Crippen molar-refractivity contribution >= 4 is 33.2 Å². The van der Waals surface area contributed by atoms with Crippen molar-refractivity contribution in [2.75, 3.05) is 49.6 Å². The van der Waals surface area contributed by atoms with Crippen molar-refractivity contribution in [2.24, 2.45) is 0 Å². The number of benzene rings is 2. The summed E-state index contributed by atoms with van der Waals surface area (Å²) in [4.78, 5) is 28.9. The zero-order valence-corrected chi connectivity index (χ0v) is 19.7. The molecule has 2 aromatic rings. The Labute approximate surface area is 194 Å². The van der Waals surface area contributed by atoms with Crippen molar-refractivity contribution < 1.29 is 22.7 Å². The van der Waals surface area contributed by atoms with Gasteiger partial charge in [0, 0.05) is 31.0 Å². The molecule has 2 aromatic carbocycles. The first-order chi connectivity index (χ1) is 15.8. The standard InChI is InChI=1S/C23H30N4O5S/c1-3-26(23(29)18(2)25-33(30,31)21-7-5-4-6-8-21)17-22(28)24-19-9-11-20(12-10-19)27-13-15-32-16-14-27/h4-12,18,25H,3,13-17H2,1-2H3,(H,24,28)/t18-/m0/s1. The first-order valence-corrected chi connectivity index (χ1v) is 12.4. The molecule has 0 bridgehead atoms. The lowest BCUT2D eigenvalue weighted by Gasteiger charge is -2.29. The van der Waals surface area contributed by atoms with Gasteiger partial charge in [0.15, 0.2) is 0 Å². The lowest BCUT2D eigenvalue weighted by atomic mass is 10.2. The third kappa shape index (κ3) is 6.77. The van der Waals surface area contributed by atoms with Crippen LogP contribution in [0.5, 0.6) is 0 Å². The molecular formula is C23H30N4O5S. The quantitative estimate of drug-likeness (QED) is 0.573. The summed E-state index contributed by atoms with van der Waals surface area (Å²) in [5, 5.41) is 2.79.